The van der Waals surface area contributed by atoms with Crippen LogP contribution in [0.1, 0.15) is 5.56 Å². The Morgan fingerprint density at radius 3 is 2.75 bits per heavy atom. The fourth-order valence-corrected chi connectivity index (χ4v) is 2.97. The van der Waals surface area contributed by atoms with Gasteiger partial charge in [-0.2, -0.15) is 0 Å². The molecule has 2 aromatic heterocycles. The second-order valence-electron chi connectivity index (χ2n) is 5.67. The van der Waals surface area contributed by atoms with Crippen molar-refractivity contribution in [2.75, 3.05) is 5.32 Å². The number of hydrogen-bond acceptors (Lipinski definition) is 2. The molecule has 4 heteroatoms. The Balaban J connectivity index is 1.63. The van der Waals surface area contributed by atoms with Crippen LogP contribution in [0, 0.1) is 0 Å². The summed E-state index contributed by atoms with van der Waals surface area (Å²) in [6.45, 7) is 0.797. The number of aromatic nitrogens is 2. The van der Waals surface area contributed by atoms with Gasteiger partial charge in [-0.25, -0.2) is 4.98 Å². The number of H-pyrrole nitrogens is 1. The van der Waals surface area contributed by atoms with E-state index in [9.17, 15) is 0 Å². The second-order valence-corrected chi connectivity index (χ2v) is 6.11. The SMILES string of the molecule is Clc1cnc2[nH]cc(-c3cccc(NCc4ccccc4)c3)c2c1. The van der Waals surface area contributed by atoms with Crippen LogP contribution in [-0.4, -0.2) is 9.97 Å². The van der Waals surface area contributed by atoms with Gasteiger partial charge in [-0.15, -0.1) is 0 Å². The van der Waals surface area contributed by atoms with Crippen LogP contribution in [0.25, 0.3) is 22.2 Å². The summed E-state index contributed by atoms with van der Waals surface area (Å²) < 4.78 is 0. The quantitative estimate of drug-likeness (QED) is 0.518. The monoisotopic (exact) mass is 333 g/mol. The van der Waals surface area contributed by atoms with Crippen LogP contribution >= 0.6 is 11.6 Å². The largest absolute Gasteiger partial charge is 0.381 e. The van der Waals surface area contributed by atoms with Crippen molar-refractivity contribution >= 4 is 28.3 Å². The van der Waals surface area contributed by atoms with E-state index in [2.05, 4.69) is 63.8 Å². The summed E-state index contributed by atoms with van der Waals surface area (Å²) >= 11 is 6.10. The summed E-state index contributed by atoms with van der Waals surface area (Å²) in [6.07, 6.45) is 3.63. The minimum Gasteiger partial charge on any atom is -0.381 e. The van der Waals surface area contributed by atoms with Gasteiger partial charge in [0, 0.05) is 35.6 Å². The number of fused-ring (bicyclic) bond motifs is 1. The number of anilines is 1. The molecular formula is C20H16ClN3. The van der Waals surface area contributed by atoms with E-state index >= 15 is 0 Å². The Hall–Kier alpha value is -2.78. The molecule has 0 unspecified atom stereocenters. The summed E-state index contributed by atoms with van der Waals surface area (Å²) in [5, 5.41) is 5.14. The predicted octanol–water partition coefficient (Wildman–Crippen LogP) is 5.50. The fourth-order valence-electron chi connectivity index (χ4n) is 2.81. The maximum absolute atomic E-state index is 6.10. The molecule has 0 saturated heterocycles. The van der Waals surface area contributed by atoms with Gasteiger partial charge in [0.15, 0.2) is 0 Å². The highest BCUT2D eigenvalue weighted by Gasteiger charge is 2.08. The van der Waals surface area contributed by atoms with E-state index in [1.807, 2.05) is 18.3 Å². The molecule has 0 radical (unpaired) electrons. The molecule has 0 saturated carbocycles. The third-order valence-electron chi connectivity index (χ3n) is 4.01. The zero-order valence-electron chi connectivity index (χ0n) is 13.0. The first-order chi connectivity index (χ1) is 11.8. The van der Waals surface area contributed by atoms with Gasteiger partial charge in [0.1, 0.15) is 5.65 Å². The first-order valence-electron chi connectivity index (χ1n) is 7.80. The molecule has 2 aromatic carbocycles. The van der Waals surface area contributed by atoms with Crippen molar-refractivity contribution in [2.45, 2.75) is 6.54 Å². The third-order valence-corrected chi connectivity index (χ3v) is 4.22. The van der Waals surface area contributed by atoms with Crippen molar-refractivity contribution in [3.63, 3.8) is 0 Å². The third kappa shape index (κ3) is 2.99. The van der Waals surface area contributed by atoms with Gasteiger partial charge in [-0.05, 0) is 29.3 Å². The smallest absolute Gasteiger partial charge is 0.137 e. The Kier molecular flexibility index (Phi) is 3.93. The molecule has 0 amide bonds. The lowest BCUT2D eigenvalue weighted by molar-refractivity contribution is 1.15. The molecule has 0 spiro atoms. The Bertz CT molecular complexity index is 977. The molecule has 4 rings (SSSR count). The normalized spacial score (nSPS) is 10.9. The molecule has 0 aliphatic heterocycles. The van der Waals surface area contributed by atoms with E-state index in [1.165, 1.54) is 5.56 Å². The van der Waals surface area contributed by atoms with Crippen LogP contribution in [0.3, 0.4) is 0 Å². The maximum Gasteiger partial charge on any atom is 0.137 e. The molecule has 0 atom stereocenters. The number of rotatable bonds is 4. The van der Waals surface area contributed by atoms with Crippen LogP contribution < -0.4 is 5.32 Å². The highest BCUT2D eigenvalue weighted by Crippen LogP contribution is 2.30. The van der Waals surface area contributed by atoms with Crippen molar-refractivity contribution in [3.05, 3.63) is 83.6 Å². The number of halogens is 1. The standard InChI is InChI=1S/C20H16ClN3/c21-16-10-18-19(13-24-20(18)23-12-16)15-7-4-8-17(9-15)22-11-14-5-2-1-3-6-14/h1-10,12-13,22H,11H2,(H,23,24). The number of nitrogens with one attached hydrogen (secondary N) is 2. The minimum atomic E-state index is 0.640. The highest BCUT2D eigenvalue weighted by atomic mass is 35.5. The molecule has 24 heavy (non-hydrogen) atoms. The predicted molar refractivity (Wildman–Crippen MR) is 100 cm³/mol. The molecule has 4 aromatic rings. The Labute approximate surface area is 145 Å². The topological polar surface area (TPSA) is 40.7 Å². The van der Waals surface area contributed by atoms with E-state index in [0.717, 1.165) is 34.4 Å². The van der Waals surface area contributed by atoms with Crippen LogP contribution in [0.15, 0.2) is 73.1 Å². The summed E-state index contributed by atoms with van der Waals surface area (Å²) in [6, 6.07) is 20.7. The molecule has 2 N–H and O–H groups in total. The van der Waals surface area contributed by atoms with Crippen molar-refractivity contribution < 1.29 is 0 Å². The number of benzene rings is 2. The first-order valence-corrected chi connectivity index (χ1v) is 8.18. The van der Waals surface area contributed by atoms with Crippen LogP contribution in [0.4, 0.5) is 5.69 Å². The average molecular weight is 334 g/mol. The van der Waals surface area contributed by atoms with E-state index in [4.69, 9.17) is 11.6 Å². The molecule has 0 aliphatic rings. The number of aromatic amines is 1. The van der Waals surface area contributed by atoms with Gasteiger partial charge in [-0.3, -0.25) is 0 Å². The van der Waals surface area contributed by atoms with Crippen molar-refractivity contribution in [2.24, 2.45) is 0 Å². The van der Waals surface area contributed by atoms with Gasteiger partial charge in [0.2, 0.25) is 0 Å². The molecule has 118 valence electrons. The maximum atomic E-state index is 6.10. The van der Waals surface area contributed by atoms with Gasteiger partial charge in [0.25, 0.3) is 0 Å². The Morgan fingerprint density at radius 1 is 1.00 bits per heavy atom. The van der Waals surface area contributed by atoms with Crippen molar-refractivity contribution in [3.8, 4) is 11.1 Å². The van der Waals surface area contributed by atoms with Crippen molar-refractivity contribution in [1.29, 1.82) is 0 Å². The zero-order valence-corrected chi connectivity index (χ0v) is 13.7. The van der Waals surface area contributed by atoms with Crippen LogP contribution in [0.2, 0.25) is 5.02 Å². The van der Waals surface area contributed by atoms with E-state index in [-0.39, 0.29) is 0 Å². The van der Waals surface area contributed by atoms with E-state index in [1.54, 1.807) is 6.20 Å². The molecule has 0 aliphatic carbocycles. The summed E-state index contributed by atoms with van der Waals surface area (Å²) in [4.78, 5) is 7.52. The minimum absolute atomic E-state index is 0.640. The molecule has 0 bridgehead atoms. The fraction of sp³-hybridized carbons (Fsp3) is 0.0500. The lowest BCUT2D eigenvalue weighted by atomic mass is 10.1. The van der Waals surface area contributed by atoms with Crippen LogP contribution in [0.5, 0.6) is 0 Å². The molecule has 3 nitrogen and oxygen atoms in total. The number of hydrogen-bond donors (Lipinski definition) is 2. The molecular weight excluding hydrogens is 318 g/mol. The van der Waals surface area contributed by atoms with Crippen molar-refractivity contribution in [1.82, 2.24) is 9.97 Å². The number of nitrogens with zero attached hydrogens (tertiary/aromatic N) is 1. The Morgan fingerprint density at radius 2 is 1.88 bits per heavy atom. The summed E-state index contributed by atoms with van der Waals surface area (Å²) in [5.41, 5.74) is 5.41. The van der Waals surface area contributed by atoms with E-state index in [0.29, 0.717) is 5.02 Å². The van der Waals surface area contributed by atoms with Gasteiger partial charge in [0.05, 0.1) is 5.02 Å². The van der Waals surface area contributed by atoms with Gasteiger partial charge < -0.3 is 10.3 Å². The highest BCUT2D eigenvalue weighted by molar-refractivity contribution is 6.31. The lowest BCUT2D eigenvalue weighted by Crippen LogP contribution is -1.98. The number of pyridine rings is 1. The second kappa shape index (κ2) is 6.38. The lowest BCUT2D eigenvalue weighted by Gasteiger charge is -2.08. The summed E-state index contributed by atoms with van der Waals surface area (Å²) in [5.74, 6) is 0. The average Bonchev–Trinajstić information content (AvgIpc) is 3.04. The van der Waals surface area contributed by atoms with Gasteiger partial charge >= 0.3 is 0 Å². The van der Waals surface area contributed by atoms with E-state index < -0.39 is 0 Å². The molecule has 0 fully saturated rings. The molecule has 2 heterocycles. The first kappa shape index (κ1) is 14.8. The van der Waals surface area contributed by atoms with Gasteiger partial charge in [-0.1, -0.05) is 54.1 Å². The zero-order chi connectivity index (χ0) is 16.4. The summed E-state index contributed by atoms with van der Waals surface area (Å²) in [7, 11) is 0. The van der Waals surface area contributed by atoms with Crippen LogP contribution in [-0.2, 0) is 6.54 Å².